The zero-order valence-corrected chi connectivity index (χ0v) is 16.3. The molecule has 0 aromatic heterocycles. The van der Waals surface area contributed by atoms with Crippen molar-refractivity contribution in [3.05, 3.63) is 0 Å². The number of carbonyl (C=O) groups excluding carboxylic acids is 1. The second-order valence-corrected chi connectivity index (χ2v) is 9.28. The van der Waals surface area contributed by atoms with Crippen molar-refractivity contribution in [3.63, 3.8) is 0 Å². The van der Waals surface area contributed by atoms with Crippen molar-refractivity contribution < 1.29 is 4.79 Å². The Balaban J connectivity index is 2.00. The van der Waals surface area contributed by atoms with Crippen molar-refractivity contribution >= 4 is 17.5 Å². The molecule has 1 aliphatic heterocycles. The fourth-order valence-electron chi connectivity index (χ4n) is 4.86. The van der Waals surface area contributed by atoms with Gasteiger partial charge in [-0.15, -0.1) is 11.6 Å². The molecule has 134 valence electrons. The molecular weight excluding hydrogens is 308 g/mol. The van der Waals surface area contributed by atoms with Gasteiger partial charge in [-0.05, 0) is 62.3 Å². The number of nitrogens with zero attached hydrogens (tertiary/aromatic N) is 1. The number of nitrogens with one attached hydrogen (secondary N) is 1. The van der Waals surface area contributed by atoms with Gasteiger partial charge in [0.05, 0.1) is 6.04 Å². The number of amides is 1. The Morgan fingerprint density at radius 1 is 1.17 bits per heavy atom. The fourth-order valence-corrected chi connectivity index (χ4v) is 5.11. The van der Waals surface area contributed by atoms with Crippen molar-refractivity contribution in [2.45, 2.75) is 71.2 Å². The number of hydrogen-bond donors (Lipinski definition) is 1. The largest absolute Gasteiger partial charge is 0.341 e. The number of likely N-dealkylation sites (tertiary alicyclic amines) is 1. The van der Waals surface area contributed by atoms with E-state index in [0.29, 0.717) is 11.3 Å². The van der Waals surface area contributed by atoms with E-state index < -0.39 is 0 Å². The molecule has 0 bridgehead atoms. The Morgan fingerprint density at radius 3 is 2.26 bits per heavy atom. The lowest BCUT2D eigenvalue weighted by Gasteiger charge is -2.49. The molecule has 1 heterocycles. The van der Waals surface area contributed by atoms with E-state index in [1.807, 2.05) is 7.05 Å². The number of alkyl halides is 1. The molecule has 1 unspecified atom stereocenters. The summed E-state index contributed by atoms with van der Waals surface area (Å²) < 4.78 is 0. The topological polar surface area (TPSA) is 32.3 Å². The molecule has 0 spiro atoms. The molecule has 1 amide bonds. The van der Waals surface area contributed by atoms with Crippen LogP contribution in [0.25, 0.3) is 0 Å². The summed E-state index contributed by atoms with van der Waals surface area (Å²) in [6.45, 7) is 10.7. The van der Waals surface area contributed by atoms with E-state index in [-0.39, 0.29) is 17.4 Å². The van der Waals surface area contributed by atoms with E-state index in [2.05, 4.69) is 37.9 Å². The van der Waals surface area contributed by atoms with Gasteiger partial charge in [0.25, 0.3) is 0 Å². The monoisotopic (exact) mass is 342 g/mol. The quantitative estimate of drug-likeness (QED) is 0.786. The minimum absolute atomic E-state index is 0.0611. The summed E-state index contributed by atoms with van der Waals surface area (Å²) in [7, 11) is 1.89. The lowest BCUT2D eigenvalue weighted by Crippen LogP contribution is -2.55. The van der Waals surface area contributed by atoms with Crippen molar-refractivity contribution in [2.75, 3.05) is 20.1 Å². The molecule has 3 nitrogen and oxygen atoms in total. The van der Waals surface area contributed by atoms with Crippen molar-refractivity contribution in [2.24, 2.45) is 23.2 Å². The standard InChI is InChI=1S/C19H35ClN2O/c1-13(2)17(21-5)18(23)22-11-10-16(19(3,4)12-22)14-6-8-15(20)9-7-14/h13-17,21H,6-12H2,1-5H3/t14?,15?,16?,17-/m1/s1. The molecule has 0 aromatic carbocycles. The average Bonchev–Trinajstić information content (AvgIpc) is 2.47. The summed E-state index contributed by atoms with van der Waals surface area (Å²) in [5, 5.41) is 3.59. The molecule has 0 radical (unpaired) electrons. The Kier molecular flexibility index (Phi) is 6.41. The van der Waals surface area contributed by atoms with Crippen molar-refractivity contribution in [3.8, 4) is 0 Å². The first-order valence-electron chi connectivity index (χ1n) is 9.36. The number of hydrogen-bond acceptors (Lipinski definition) is 2. The van der Waals surface area contributed by atoms with Crippen LogP contribution >= 0.6 is 11.6 Å². The van der Waals surface area contributed by atoms with E-state index in [9.17, 15) is 4.79 Å². The molecule has 4 heteroatoms. The molecule has 23 heavy (non-hydrogen) atoms. The predicted molar refractivity (Wildman–Crippen MR) is 97.8 cm³/mol. The van der Waals surface area contributed by atoms with Gasteiger partial charge in [-0.2, -0.15) is 0 Å². The van der Waals surface area contributed by atoms with E-state index in [1.165, 1.54) is 12.8 Å². The highest BCUT2D eigenvalue weighted by Gasteiger charge is 2.43. The second-order valence-electron chi connectivity index (χ2n) is 8.67. The Morgan fingerprint density at radius 2 is 1.78 bits per heavy atom. The molecule has 2 rings (SSSR count). The maximum Gasteiger partial charge on any atom is 0.239 e. The molecule has 1 aliphatic carbocycles. The SMILES string of the molecule is CN[C@@H](C(=O)N1CCC(C2CCC(Cl)CC2)C(C)(C)C1)C(C)C. The maximum absolute atomic E-state index is 12.8. The predicted octanol–water partition coefficient (Wildman–Crippen LogP) is 3.90. The van der Waals surface area contributed by atoms with E-state index in [0.717, 1.165) is 44.2 Å². The van der Waals surface area contributed by atoms with Crippen molar-refractivity contribution in [1.29, 1.82) is 0 Å². The maximum atomic E-state index is 12.8. The normalized spacial score (nSPS) is 32.8. The van der Waals surface area contributed by atoms with Gasteiger partial charge in [0.2, 0.25) is 5.91 Å². The number of likely N-dealkylation sites (N-methyl/N-ethyl adjacent to an activating group) is 1. The minimum Gasteiger partial charge on any atom is -0.341 e. The fraction of sp³-hybridized carbons (Fsp3) is 0.947. The lowest BCUT2D eigenvalue weighted by molar-refractivity contribution is -0.140. The molecule has 2 fully saturated rings. The van der Waals surface area contributed by atoms with Crippen LogP contribution in [0.5, 0.6) is 0 Å². The summed E-state index contributed by atoms with van der Waals surface area (Å²) in [6.07, 6.45) is 6.00. The first-order valence-corrected chi connectivity index (χ1v) is 9.80. The van der Waals surface area contributed by atoms with Gasteiger partial charge in [-0.1, -0.05) is 27.7 Å². The van der Waals surface area contributed by atoms with Crippen molar-refractivity contribution in [1.82, 2.24) is 10.2 Å². The zero-order chi connectivity index (χ0) is 17.2. The average molecular weight is 343 g/mol. The molecule has 1 saturated heterocycles. The first-order chi connectivity index (χ1) is 10.8. The smallest absolute Gasteiger partial charge is 0.239 e. The van der Waals surface area contributed by atoms with Crippen LogP contribution in [0.15, 0.2) is 0 Å². The summed E-state index contributed by atoms with van der Waals surface area (Å²) >= 11 is 6.28. The number of rotatable bonds is 4. The first kappa shape index (κ1) is 19.1. The highest BCUT2D eigenvalue weighted by atomic mass is 35.5. The number of carbonyl (C=O) groups is 1. The van der Waals surface area contributed by atoms with Gasteiger partial charge in [0.15, 0.2) is 0 Å². The Labute approximate surface area is 147 Å². The van der Waals surface area contributed by atoms with Crippen LogP contribution in [0, 0.1) is 23.2 Å². The van der Waals surface area contributed by atoms with Crippen LogP contribution in [0.3, 0.4) is 0 Å². The van der Waals surface area contributed by atoms with Crippen LogP contribution in [0.2, 0.25) is 0 Å². The van der Waals surface area contributed by atoms with E-state index in [1.54, 1.807) is 0 Å². The summed E-state index contributed by atoms with van der Waals surface area (Å²) in [4.78, 5) is 14.9. The van der Waals surface area contributed by atoms with Gasteiger partial charge in [-0.25, -0.2) is 0 Å². The van der Waals surface area contributed by atoms with Gasteiger partial charge >= 0.3 is 0 Å². The van der Waals surface area contributed by atoms with Gasteiger partial charge in [0.1, 0.15) is 0 Å². The molecule has 1 N–H and O–H groups in total. The van der Waals surface area contributed by atoms with Gasteiger partial charge in [0, 0.05) is 18.5 Å². The molecule has 2 atom stereocenters. The van der Waals surface area contributed by atoms with E-state index >= 15 is 0 Å². The van der Waals surface area contributed by atoms with Crippen LogP contribution in [0.4, 0.5) is 0 Å². The minimum atomic E-state index is -0.0611. The van der Waals surface area contributed by atoms with Crippen LogP contribution in [0.1, 0.15) is 59.8 Å². The summed E-state index contributed by atoms with van der Waals surface area (Å²) in [6, 6.07) is -0.0611. The molecule has 2 aliphatic rings. The summed E-state index contributed by atoms with van der Waals surface area (Å²) in [5.74, 6) is 2.12. The van der Waals surface area contributed by atoms with E-state index in [4.69, 9.17) is 11.6 Å². The van der Waals surface area contributed by atoms with Crippen LogP contribution in [-0.2, 0) is 4.79 Å². The molecule has 0 aromatic rings. The van der Waals surface area contributed by atoms with Gasteiger partial charge < -0.3 is 10.2 Å². The highest BCUT2D eigenvalue weighted by molar-refractivity contribution is 6.20. The summed E-state index contributed by atoms with van der Waals surface area (Å²) in [5.41, 5.74) is 0.201. The lowest BCUT2D eigenvalue weighted by atomic mass is 9.64. The Hall–Kier alpha value is -0.280. The molecule has 1 saturated carbocycles. The molecular formula is C19H35ClN2O. The third kappa shape index (κ3) is 4.42. The zero-order valence-electron chi connectivity index (χ0n) is 15.6. The van der Waals surface area contributed by atoms with Gasteiger partial charge in [-0.3, -0.25) is 4.79 Å². The second kappa shape index (κ2) is 7.74. The third-order valence-electron chi connectivity index (χ3n) is 6.14. The number of halogens is 1. The number of piperidine rings is 1. The van der Waals surface area contributed by atoms with Crippen LogP contribution < -0.4 is 5.32 Å². The third-order valence-corrected chi connectivity index (χ3v) is 6.57. The van der Waals surface area contributed by atoms with Crippen LogP contribution in [-0.4, -0.2) is 42.4 Å². The highest BCUT2D eigenvalue weighted by Crippen LogP contribution is 2.45. The Bertz CT molecular complexity index is 402.